The van der Waals surface area contributed by atoms with E-state index in [1.165, 1.54) is 12.3 Å². The summed E-state index contributed by atoms with van der Waals surface area (Å²) in [5.41, 5.74) is 3.80. The maximum atomic E-state index is 13.5. The summed E-state index contributed by atoms with van der Waals surface area (Å²) in [6.07, 6.45) is -2.16. The number of primary amides is 1. The van der Waals surface area contributed by atoms with Gasteiger partial charge in [-0.3, -0.25) is 10.1 Å². The Labute approximate surface area is 215 Å². The fourth-order valence-corrected chi connectivity index (χ4v) is 6.40. The van der Waals surface area contributed by atoms with E-state index in [-0.39, 0.29) is 23.8 Å². The van der Waals surface area contributed by atoms with Crippen molar-refractivity contribution in [2.45, 2.75) is 69.0 Å². The van der Waals surface area contributed by atoms with Crippen LogP contribution < -0.4 is 15.8 Å². The number of hydrogen-bond acceptors (Lipinski definition) is 8. The molecule has 3 amide bonds. The molecule has 2 atom stereocenters. The fourth-order valence-electron chi connectivity index (χ4n) is 3.89. The highest BCUT2D eigenvalue weighted by Crippen LogP contribution is 2.40. The number of carbonyl (C=O) groups excluding carboxylic acids is 2. The number of thiazole rings is 1. The van der Waals surface area contributed by atoms with Gasteiger partial charge in [0.15, 0.2) is 5.13 Å². The summed E-state index contributed by atoms with van der Waals surface area (Å²) in [5.74, 6) is -1.18. The zero-order valence-electron chi connectivity index (χ0n) is 20.2. The predicted octanol–water partition coefficient (Wildman–Crippen LogP) is 2.29. The minimum absolute atomic E-state index is 0.0373. The quantitative estimate of drug-likeness (QED) is 0.467. The average Bonchev–Trinajstić information content (AvgIpc) is 3.49. The van der Waals surface area contributed by atoms with Gasteiger partial charge in [0.2, 0.25) is 15.9 Å². The molecule has 0 bridgehead atoms. The van der Waals surface area contributed by atoms with Gasteiger partial charge in [-0.1, -0.05) is 11.3 Å². The van der Waals surface area contributed by atoms with E-state index < -0.39 is 56.7 Å². The molecular formula is C21H26F3N7O4S2. The van der Waals surface area contributed by atoms with E-state index in [4.69, 9.17) is 5.73 Å². The summed E-state index contributed by atoms with van der Waals surface area (Å²) < 4.78 is 67.5. The highest BCUT2D eigenvalue weighted by Gasteiger charge is 2.51. The van der Waals surface area contributed by atoms with Crippen LogP contribution in [0.1, 0.15) is 44.6 Å². The lowest BCUT2D eigenvalue weighted by molar-refractivity contribution is -0.182. The van der Waals surface area contributed by atoms with Gasteiger partial charge < -0.3 is 10.6 Å². The number of carbonyl (C=O) groups is 2. The highest BCUT2D eigenvalue weighted by atomic mass is 32.2. The van der Waals surface area contributed by atoms with Crippen molar-refractivity contribution < 1.29 is 31.2 Å². The molecule has 16 heteroatoms. The largest absolute Gasteiger partial charge is 0.400 e. The number of nitrogens with two attached hydrogens (primary N) is 1. The predicted molar refractivity (Wildman–Crippen MR) is 129 cm³/mol. The molecule has 4 rings (SSSR count). The number of aromatic nitrogens is 3. The number of aryl methyl sites for hydroxylation is 1. The molecule has 37 heavy (non-hydrogen) atoms. The molecule has 11 nitrogen and oxygen atoms in total. The maximum Gasteiger partial charge on any atom is 0.400 e. The summed E-state index contributed by atoms with van der Waals surface area (Å²) in [6, 6.07) is -0.957. The first-order valence-corrected chi connectivity index (χ1v) is 13.7. The van der Waals surface area contributed by atoms with E-state index in [9.17, 15) is 31.2 Å². The minimum atomic E-state index is -4.56. The smallest absolute Gasteiger partial charge is 0.368 e. The Balaban J connectivity index is 1.51. The van der Waals surface area contributed by atoms with Crippen LogP contribution in [0.25, 0.3) is 10.6 Å². The first-order chi connectivity index (χ1) is 17.1. The number of hydrogen-bond donors (Lipinski definition) is 3. The Bertz CT molecular complexity index is 1330. The summed E-state index contributed by atoms with van der Waals surface area (Å²) in [5, 5.41) is 2.24. The van der Waals surface area contributed by atoms with Crippen molar-refractivity contribution in [3.05, 3.63) is 23.8 Å². The second-order valence-corrected chi connectivity index (χ2v) is 12.6. The lowest BCUT2D eigenvalue weighted by Crippen LogP contribution is -2.46. The van der Waals surface area contributed by atoms with Crippen molar-refractivity contribution in [2.24, 2.45) is 5.73 Å². The Morgan fingerprint density at radius 3 is 2.49 bits per heavy atom. The summed E-state index contributed by atoms with van der Waals surface area (Å²) >= 11 is 0.990. The van der Waals surface area contributed by atoms with E-state index in [2.05, 4.69) is 25.0 Å². The molecule has 0 aromatic carbocycles. The SMILES string of the molecule is Cc1nc(NC(=O)N2C[C@H](NS(=O)(=O)C3CC3)C[C@H]2C(N)=O)sc1-c1ccnc(C(C)(C)C(F)(F)F)n1. The molecule has 4 N–H and O–H groups in total. The normalized spacial score (nSPS) is 20.8. The zero-order chi connectivity index (χ0) is 27.3. The van der Waals surface area contributed by atoms with Gasteiger partial charge >= 0.3 is 12.2 Å². The fraction of sp³-hybridized carbons (Fsp3) is 0.571. The maximum absolute atomic E-state index is 13.5. The van der Waals surface area contributed by atoms with Crippen LogP contribution in [0, 0.1) is 6.92 Å². The number of alkyl halides is 3. The molecule has 2 aromatic heterocycles. The van der Waals surface area contributed by atoms with Gasteiger partial charge in [-0.15, -0.1) is 0 Å². The van der Waals surface area contributed by atoms with E-state index in [1.807, 2.05) is 0 Å². The zero-order valence-corrected chi connectivity index (χ0v) is 21.8. The lowest BCUT2D eigenvalue weighted by atomic mass is 9.91. The van der Waals surface area contributed by atoms with E-state index in [0.717, 1.165) is 30.1 Å². The van der Waals surface area contributed by atoms with Gasteiger partial charge in [-0.2, -0.15) is 13.2 Å². The van der Waals surface area contributed by atoms with Gasteiger partial charge in [-0.25, -0.2) is 32.9 Å². The number of urea groups is 1. The Hall–Kier alpha value is -2.85. The van der Waals surface area contributed by atoms with Crippen LogP contribution in [-0.4, -0.2) is 70.3 Å². The van der Waals surface area contributed by atoms with E-state index in [0.29, 0.717) is 23.4 Å². The number of sulfonamides is 1. The molecule has 0 unspecified atom stereocenters. The van der Waals surface area contributed by atoms with Crippen LogP contribution >= 0.6 is 11.3 Å². The summed E-state index contributed by atoms with van der Waals surface area (Å²) in [4.78, 5) is 38.7. The van der Waals surface area contributed by atoms with Crippen molar-refractivity contribution in [1.82, 2.24) is 24.6 Å². The molecular weight excluding hydrogens is 535 g/mol. The van der Waals surface area contributed by atoms with Gasteiger partial charge in [-0.05, 0) is 46.1 Å². The molecule has 3 heterocycles. The van der Waals surface area contributed by atoms with Crippen LogP contribution in [0.3, 0.4) is 0 Å². The first kappa shape index (κ1) is 27.2. The van der Waals surface area contributed by atoms with E-state index in [1.54, 1.807) is 6.92 Å². The topological polar surface area (TPSA) is 160 Å². The van der Waals surface area contributed by atoms with Crippen LogP contribution in [0.15, 0.2) is 12.3 Å². The van der Waals surface area contributed by atoms with Gasteiger partial charge in [0.25, 0.3) is 0 Å². The van der Waals surface area contributed by atoms with Crippen LogP contribution in [0.4, 0.5) is 23.1 Å². The summed E-state index contributed by atoms with van der Waals surface area (Å²) in [7, 11) is -3.54. The number of nitrogens with zero attached hydrogens (tertiary/aromatic N) is 4. The van der Waals surface area contributed by atoms with Crippen molar-refractivity contribution in [1.29, 1.82) is 0 Å². The molecule has 202 valence electrons. The second-order valence-electron chi connectivity index (χ2n) is 9.62. The number of amides is 3. The number of anilines is 1. The molecule has 2 fully saturated rings. The molecule has 2 aliphatic rings. The number of likely N-dealkylation sites (tertiary alicyclic amines) is 1. The molecule has 1 saturated carbocycles. The minimum Gasteiger partial charge on any atom is -0.368 e. The Morgan fingerprint density at radius 1 is 1.22 bits per heavy atom. The lowest BCUT2D eigenvalue weighted by Gasteiger charge is -2.26. The van der Waals surface area contributed by atoms with Crippen molar-refractivity contribution in [2.75, 3.05) is 11.9 Å². The van der Waals surface area contributed by atoms with Gasteiger partial charge in [0.05, 0.1) is 21.5 Å². The molecule has 1 aliphatic heterocycles. The molecule has 1 aliphatic carbocycles. The number of nitrogens with one attached hydrogen (secondary N) is 2. The molecule has 1 saturated heterocycles. The van der Waals surface area contributed by atoms with Crippen molar-refractivity contribution in [3.63, 3.8) is 0 Å². The monoisotopic (exact) mass is 561 g/mol. The Morgan fingerprint density at radius 2 is 1.89 bits per heavy atom. The van der Waals surface area contributed by atoms with Crippen molar-refractivity contribution >= 4 is 38.4 Å². The third kappa shape index (κ3) is 5.55. The third-order valence-corrected chi connectivity index (χ3v) is 9.46. The van der Waals surface area contributed by atoms with Gasteiger partial charge in [0.1, 0.15) is 17.3 Å². The van der Waals surface area contributed by atoms with Crippen LogP contribution in [-0.2, 0) is 20.2 Å². The molecule has 0 spiro atoms. The van der Waals surface area contributed by atoms with Crippen LogP contribution in [0.5, 0.6) is 0 Å². The van der Waals surface area contributed by atoms with Gasteiger partial charge in [0, 0.05) is 18.8 Å². The van der Waals surface area contributed by atoms with Crippen molar-refractivity contribution in [3.8, 4) is 10.6 Å². The molecule has 2 aromatic rings. The number of halogens is 3. The third-order valence-electron chi connectivity index (χ3n) is 6.35. The standard InChI is InChI=1S/C21H26F3N7O4S2/c1-10-15(13-6-7-26-17(28-13)20(2,3)21(22,23)24)36-18(27-10)29-19(33)31-9-11(8-14(31)16(25)32)30-37(34,35)12-4-5-12/h6-7,11-12,14,30H,4-5,8-9H2,1-3H3,(H2,25,32)(H,27,29,33)/t11-,14+/m1/s1. The Kier molecular flexibility index (Phi) is 6.96. The van der Waals surface area contributed by atoms with Crippen LogP contribution in [0.2, 0.25) is 0 Å². The second kappa shape index (κ2) is 9.47. The number of rotatable bonds is 7. The molecule has 0 radical (unpaired) electrons. The van der Waals surface area contributed by atoms with E-state index >= 15 is 0 Å². The highest BCUT2D eigenvalue weighted by molar-refractivity contribution is 7.90. The average molecular weight is 562 g/mol. The first-order valence-electron chi connectivity index (χ1n) is 11.4. The summed E-state index contributed by atoms with van der Waals surface area (Å²) in [6.45, 7) is 3.52.